The van der Waals surface area contributed by atoms with Gasteiger partial charge in [0.2, 0.25) is 5.91 Å². The summed E-state index contributed by atoms with van der Waals surface area (Å²) in [6, 6.07) is 14.5. The maximum atomic E-state index is 11.7. The standard InChI is InChI=1S/C20H17N3O4/c1-2-18(25)21-16-9-5-7-12-15(10-11-17(24)19(12)16)23-22-14-8-4-3-6-13(14)20(26)27/h3-11,24H,2H2,1H3,(H,21,25)(H,26,27). The Hall–Kier alpha value is -3.74. The first kappa shape index (κ1) is 18.1. The maximum absolute atomic E-state index is 11.7. The van der Waals surface area contributed by atoms with Crippen molar-refractivity contribution in [1.82, 2.24) is 0 Å². The van der Waals surface area contributed by atoms with Crippen LogP contribution in [0, 0.1) is 0 Å². The van der Waals surface area contributed by atoms with E-state index in [0.29, 0.717) is 28.6 Å². The minimum absolute atomic E-state index is 0.00175. The van der Waals surface area contributed by atoms with Gasteiger partial charge in [-0.05, 0) is 30.3 Å². The molecule has 3 aromatic rings. The van der Waals surface area contributed by atoms with E-state index >= 15 is 0 Å². The number of nitrogens with one attached hydrogen (secondary N) is 1. The molecule has 0 fully saturated rings. The van der Waals surface area contributed by atoms with Crippen LogP contribution in [0.5, 0.6) is 5.75 Å². The number of rotatable bonds is 5. The molecule has 136 valence electrons. The topological polar surface area (TPSA) is 111 Å². The summed E-state index contributed by atoms with van der Waals surface area (Å²) in [5.41, 5.74) is 1.18. The normalized spacial score (nSPS) is 11.0. The molecule has 0 atom stereocenters. The van der Waals surface area contributed by atoms with Gasteiger partial charge in [-0.2, -0.15) is 0 Å². The van der Waals surface area contributed by atoms with Crippen LogP contribution in [0.15, 0.2) is 64.8 Å². The zero-order valence-corrected chi connectivity index (χ0v) is 14.5. The molecular weight excluding hydrogens is 346 g/mol. The van der Waals surface area contributed by atoms with Gasteiger partial charge in [0.25, 0.3) is 0 Å². The Kier molecular flexibility index (Phi) is 5.12. The van der Waals surface area contributed by atoms with Gasteiger partial charge in [-0.3, -0.25) is 4.79 Å². The molecule has 0 aliphatic rings. The molecule has 0 bridgehead atoms. The second-order valence-corrected chi connectivity index (χ2v) is 5.76. The van der Waals surface area contributed by atoms with Crippen molar-refractivity contribution in [2.45, 2.75) is 13.3 Å². The Bertz CT molecular complexity index is 1060. The van der Waals surface area contributed by atoms with Gasteiger partial charge in [0.05, 0.1) is 16.9 Å². The Morgan fingerprint density at radius 3 is 2.44 bits per heavy atom. The number of hydrogen-bond donors (Lipinski definition) is 3. The minimum atomic E-state index is -1.09. The fourth-order valence-electron chi connectivity index (χ4n) is 2.65. The number of aromatic hydroxyl groups is 1. The third kappa shape index (κ3) is 3.77. The molecule has 3 N–H and O–H groups in total. The largest absolute Gasteiger partial charge is 0.507 e. The lowest BCUT2D eigenvalue weighted by atomic mass is 10.1. The van der Waals surface area contributed by atoms with Crippen LogP contribution in [-0.4, -0.2) is 22.1 Å². The van der Waals surface area contributed by atoms with Gasteiger partial charge in [-0.1, -0.05) is 31.2 Å². The van der Waals surface area contributed by atoms with E-state index in [9.17, 15) is 19.8 Å². The molecule has 1 amide bonds. The number of nitrogens with zero attached hydrogens (tertiary/aromatic N) is 2. The van der Waals surface area contributed by atoms with Crippen molar-refractivity contribution < 1.29 is 19.8 Å². The van der Waals surface area contributed by atoms with Crippen LogP contribution in [0.25, 0.3) is 10.8 Å². The van der Waals surface area contributed by atoms with Crippen molar-refractivity contribution in [2.75, 3.05) is 5.32 Å². The van der Waals surface area contributed by atoms with Gasteiger partial charge in [-0.15, -0.1) is 10.2 Å². The van der Waals surface area contributed by atoms with Crippen molar-refractivity contribution in [3.63, 3.8) is 0 Å². The summed E-state index contributed by atoms with van der Waals surface area (Å²) in [4.78, 5) is 23.0. The molecular formula is C20H17N3O4. The summed E-state index contributed by atoms with van der Waals surface area (Å²) >= 11 is 0. The lowest BCUT2D eigenvalue weighted by molar-refractivity contribution is -0.115. The molecule has 0 radical (unpaired) electrons. The number of phenols is 1. The van der Waals surface area contributed by atoms with E-state index in [-0.39, 0.29) is 22.9 Å². The fourth-order valence-corrected chi connectivity index (χ4v) is 2.65. The Morgan fingerprint density at radius 1 is 0.963 bits per heavy atom. The minimum Gasteiger partial charge on any atom is -0.507 e. The fraction of sp³-hybridized carbons (Fsp3) is 0.100. The van der Waals surface area contributed by atoms with Gasteiger partial charge in [0, 0.05) is 17.2 Å². The highest BCUT2D eigenvalue weighted by Crippen LogP contribution is 2.38. The van der Waals surface area contributed by atoms with Crippen LogP contribution >= 0.6 is 0 Å². The van der Waals surface area contributed by atoms with Gasteiger partial charge >= 0.3 is 5.97 Å². The summed E-state index contributed by atoms with van der Waals surface area (Å²) in [7, 11) is 0. The lowest BCUT2D eigenvalue weighted by Gasteiger charge is -2.10. The Morgan fingerprint density at radius 2 is 1.70 bits per heavy atom. The molecule has 0 saturated carbocycles. The second-order valence-electron chi connectivity index (χ2n) is 5.76. The molecule has 3 aromatic carbocycles. The zero-order valence-electron chi connectivity index (χ0n) is 14.5. The first-order valence-electron chi connectivity index (χ1n) is 8.30. The summed E-state index contributed by atoms with van der Waals surface area (Å²) in [6.07, 6.45) is 0.308. The van der Waals surface area contributed by atoms with Gasteiger partial charge in [0.1, 0.15) is 11.4 Å². The predicted octanol–water partition coefficient (Wildman–Crippen LogP) is 5.01. The van der Waals surface area contributed by atoms with E-state index in [1.54, 1.807) is 49.4 Å². The molecule has 3 rings (SSSR count). The smallest absolute Gasteiger partial charge is 0.337 e. The number of phenolic OH excluding ortho intramolecular Hbond substituents is 1. The number of azo groups is 1. The molecule has 0 saturated heterocycles. The number of amides is 1. The van der Waals surface area contributed by atoms with Gasteiger partial charge in [-0.25, -0.2) is 4.79 Å². The SMILES string of the molecule is CCC(=O)Nc1cccc2c(N=Nc3ccccc3C(=O)O)ccc(O)c12. The first-order valence-corrected chi connectivity index (χ1v) is 8.30. The van der Waals surface area contributed by atoms with Crippen LogP contribution in [-0.2, 0) is 4.79 Å². The van der Waals surface area contributed by atoms with Gasteiger partial charge < -0.3 is 15.5 Å². The lowest BCUT2D eigenvalue weighted by Crippen LogP contribution is -2.09. The van der Waals surface area contributed by atoms with Crippen LogP contribution in [0.3, 0.4) is 0 Å². The number of benzene rings is 3. The van der Waals surface area contributed by atoms with Gasteiger partial charge in [0.15, 0.2) is 0 Å². The van der Waals surface area contributed by atoms with Crippen molar-refractivity contribution in [3.05, 3.63) is 60.2 Å². The van der Waals surface area contributed by atoms with E-state index < -0.39 is 5.97 Å². The van der Waals surface area contributed by atoms with E-state index in [1.165, 1.54) is 12.1 Å². The first-order chi connectivity index (χ1) is 13.0. The number of hydrogen-bond acceptors (Lipinski definition) is 5. The summed E-state index contributed by atoms with van der Waals surface area (Å²) < 4.78 is 0. The number of carboxylic acid groups (broad SMARTS) is 1. The number of anilines is 1. The molecule has 0 heterocycles. The van der Waals surface area contributed by atoms with Crippen molar-refractivity contribution in [3.8, 4) is 5.75 Å². The number of aromatic carboxylic acids is 1. The molecule has 0 aromatic heterocycles. The molecule has 7 heteroatoms. The predicted molar refractivity (Wildman–Crippen MR) is 102 cm³/mol. The third-order valence-corrected chi connectivity index (χ3v) is 3.99. The third-order valence-electron chi connectivity index (χ3n) is 3.99. The van der Waals surface area contributed by atoms with E-state index in [0.717, 1.165) is 0 Å². The zero-order chi connectivity index (χ0) is 19.4. The molecule has 0 aliphatic heterocycles. The number of carbonyl (C=O) groups excluding carboxylic acids is 1. The second kappa shape index (κ2) is 7.65. The summed E-state index contributed by atoms with van der Waals surface area (Å²) in [6.45, 7) is 1.74. The van der Waals surface area contributed by atoms with E-state index in [4.69, 9.17) is 0 Å². The number of carbonyl (C=O) groups is 2. The summed E-state index contributed by atoms with van der Waals surface area (Å²) in [5.74, 6) is -1.27. The van der Waals surface area contributed by atoms with Crippen molar-refractivity contribution >= 4 is 39.7 Å². The van der Waals surface area contributed by atoms with E-state index in [2.05, 4.69) is 15.5 Å². The average Bonchev–Trinajstić information content (AvgIpc) is 2.67. The monoisotopic (exact) mass is 363 g/mol. The maximum Gasteiger partial charge on any atom is 0.337 e. The Labute approximate surface area is 155 Å². The highest BCUT2D eigenvalue weighted by Gasteiger charge is 2.12. The van der Waals surface area contributed by atoms with Crippen LogP contribution in [0.1, 0.15) is 23.7 Å². The molecule has 0 aliphatic carbocycles. The van der Waals surface area contributed by atoms with Crippen LogP contribution in [0.2, 0.25) is 0 Å². The molecule has 0 unspecified atom stereocenters. The Balaban J connectivity index is 2.09. The quantitative estimate of drug-likeness (QED) is 0.553. The number of carboxylic acids is 1. The van der Waals surface area contributed by atoms with Crippen LogP contribution < -0.4 is 5.32 Å². The summed E-state index contributed by atoms with van der Waals surface area (Å²) in [5, 5.41) is 31.5. The molecule has 0 spiro atoms. The average molecular weight is 363 g/mol. The van der Waals surface area contributed by atoms with E-state index in [1.807, 2.05) is 0 Å². The molecule has 7 nitrogen and oxygen atoms in total. The molecule has 27 heavy (non-hydrogen) atoms. The van der Waals surface area contributed by atoms with Crippen LogP contribution in [0.4, 0.5) is 17.1 Å². The van der Waals surface area contributed by atoms with Crippen molar-refractivity contribution in [1.29, 1.82) is 0 Å². The van der Waals surface area contributed by atoms with Crippen molar-refractivity contribution in [2.24, 2.45) is 10.2 Å². The number of fused-ring (bicyclic) bond motifs is 1. The highest BCUT2D eigenvalue weighted by molar-refractivity contribution is 6.08. The highest BCUT2D eigenvalue weighted by atomic mass is 16.4.